The average molecular weight is 322 g/mol. The topological polar surface area (TPSA) is 44.5 Å². The van der Waals surface area contributed by atoms with E-state index in [-0.39, 0.29) is 21.0 Å². The van der Waals surface area contributed by atoms with E-state index in [0.717, 1.165) is 6.07 Å². The van der Waals surface area contributed by atoms with E-state index in [4.69, 9.17) is 29.1 Å². The van der Waals surface area contributed by atoms with Gasteiger partial charge in [0.15, 0.2) is 4.77 Å². The summed E-state index contributed by atoms with van der Waals surface area (Å²) in [6, 6.07) is 8.45. The van der Waals surface area contributed by atoms with Crippen LogP contribution in [0.5, 0.6) is 0 Å². The first kappa shape index (κ1) is 13.7. The number of hydrogen-bond acceptors (Lipinski definition) is 2. The maximum absolute atomic E-state index is 14.1. The van der Waals surface area contributed by atoms with Gasteiger partial charge in [-0.25, -0.2) is 8.78 Å². The van der Waals surface area contributed by atoms with Gasteiger partial charge >= 0.3 is 0 Å². The zero-order valence-corrected chi connectivity index (χ0v) is 11.9. The Morgan fingerprint density at radius 2 is 1.95 bits per heavy atom. The molecule has 0 aliphatic carbocycles. The van der Waals surface area contributed by atoms with Gasteiger partial charge in [0.2, 0.25) is 0 Å². The predicted molar refractivity (Wildman–Crippen MR) is 78.1 cm³/mol. The molecule has 0 saturated carbocycles. The van der Waals surface area contributed by atoms with Crippen LogP contribution in [-0.4, -0.2) is 9.55 Å². The van der Waals surface area contributed by atoms with E-state index in [1.54, 1.807) is 0 Å². The Balaban J connectivity index is 2.35. The molecule has 0 radical (unpaired) electrons. The number of fused-ring (bicyclic) bond motifs is 1. The summed E-state index contributed by atoms with van der Waals surface area (Å²) in [5.74, 6) is -1.20. The Morgan fingerprint density at radius 1 is 1.19 bits per heavy atom. The second-order valence-corrected chi connectivity index (χ2v) is 5.12. The standard InChI is InChI=1S/C14H6ClF2N3S/c15-8-4-13-11(5-9(8)16)19-14(21)20(13)12-2-1-7(6-18)3-10(12)17/h1-5H,(H,19,21). The molecule has 0 saturated heterocycles. The summed E-state index contributed by atoms with van der Waals surface area (Å²) < 4.78 is 29.2. The monoisotopic (exact) mass is 321 g/mol. The summed E-state index contributed by atoms with van der Waals surface area (Å²) in [7, 11) is 0. The summed E-state index contributed by atoms with van der Waals surface area (Å²) in [6.45, 7) is 0. The zero-order chi connectivity index (χ0) is 15.1. The van der Waals surface area contributed by atoms with Gasteiger partial charge in [0.1, 0.15) is 11.6 Å². The molecule has 0 amide bonds. The van der Waals surface area contributed by atoms with E-state index in [9.17, 15) is 8.78 Å². The lowest BCUT2D eigenvalue weighted by molar-refractivity contribution is 0.618. The third-order valence-electron chi connectivity index (χ3n) is 3.04. The molecule has 104 valence electrons. The van der Waals surface area contributed by atoms with Crippen LogP contribution < -0.4 is 0 Å². The first-order chi connectivity index (χ1) is 10.0. The average Bonchev–Trinajstić information content (AvgIpc) is 2.75. The zero-order valence-electron chi connectivity index (χ0n) is 10.3. The molecule has 3 aromatic rings. The van der Waals surface area contributed by atoms with Gasteiger partial charge < -0.3 is 4.98 Å². The van der Waals surface area contributed by atoms with E-state index in [0.29, 0.717) is 11.0 Å². The SMILES string of the molecule is N#Cc1ccc(-n2c(=S)[nH]c3cc(F)c(Cl)cc32)c(F)c1. The van der Waals surface area contributed by atoms with Crippen LogP contribution in [0.15, 0.2) is 30.3 Å². The van der Waals surface area contributed by atoms with Gasteiger partial charge in [0.25, 0.3) is 0 Å². The maximum Gasteiger partial charge on any atom is 0.182 e. The molecular weight excluding hydrogens is 316 g/mol. The molecule has 21 heavy (non-hydrogen) atoms. The van der Waals surface area contributed by atoms with Gasteiger partial charge in [-0.1, -0.05) is 11.6 Å². The van der Waals surface area contributed by atoms with E-state index >= 15 is 0 Å². The van der Waals surface area contributed by atoms with Crippen molar-refractivity contribution in [2.45, 2.75) is 0 Å². The van der Waals surface area contributed by atoms with Gasteiger partial charge in [-0.3, -0.25) is 4.57 Å². The number of aromatic amines is 1. The fourth-order valence-electron chi connectivity index (χ4n) is 2.10. The fourth-order valence-corrected chi connectivity index (χ4v) is 2.56. The minimum atomic E-state index is -0.605. The van der Waals surface area contributed by atoms with Crippen LogP contribution in [0.3, 0.4) is 0 Å². The maximum atomic E-state index is 14.1. The van der Waals surface area contributed by atoms with Crippen molar-refractivity contribution in [3.8, 4) is 11.8 Å². The van der Waals surface area contributed by atoms with Crippen LogP contribution >= 0.6 is 23.8 Å². The van der Waals surface area contributed by atoms with Gasteiger partial charge in [-0.15, -0.1) is 0 Å². The molecule has 0 aliphatic rings. The van der Waals surface area contributed by atoms with Crippen molar-refractivity contribution in [3.05, 3.63) is 57.3 Å². The van der Waals surface area contributed by atoms with Crippen LogP contribution in [0.4, 0.5) is 8.78 Å². The molecule has 7 heteroatoms. The smallest absolute Gasteiger partial charge is 0.182 e. The lowest BCUT2D eigenvalue weighted by Crippen LogP contribution is -1.98. The largest absolute Gasteiger partial charge is 0.330 e. The highest BCUT2D eigenvalue weighted by atomic mass is 35.5. The number of aromatic nitrogens is 2. The number of rotatable bonds is 1. The van der Waals surface area contributed by atoms with Crippen molar-refractivity contribution in [1.29, 1.82) is 5.26 Å². The summed E-state index contributed by atoms with van der Waals surface area (Å²) in [4.78, 5) is 2.80. The minimum absolute atomic E-state index is 0.0840. The predicted octanol–water partition coefficient (Wildman–Crippen LogP) is 4.49. The third kappa shape index (κ3) is 2.20. The normalized spacial score (nSPS) is 10.8. The second kappa shape index (κ2) is 4.95. The van der Waals surface area contributed by atoms with Crippen LogP contribution in [-0.2, 0) is 0 Å². The highest BCUT2D eigenvalue weighted by molar-refractivity contribution is 7.71. The van der Waals surface area contributed by atoms with Gasteiger partial charge in [-0.2, -0.15) is 5.26 Å². The van der Waals surface area contributed by atoms with Crippen molar-refractivity contribution in [3.63, 3.8) is 0 Å². The number of hydrogen-bond donors (Lipinski definition) is 1. The number of nitrogens with zero attached hydrogens (tertiary/aromatic N) is 2. The molecule has 0 atom stereocenters. The summed E-state index contributed by atoms with van der Waals surface area (Å²) >= 11 is 10.9. The van der Waals surface area contributed by atoms with E-state index in [1.165, 1.54) is 28.8 Å². The van der Waals surface area contributed by atoms with Crippen molar-refractivity contribution in [1.82, 2.24) is 9.55 Å². The lowest BCUT2D eigenvalue weighted by Gasteiger charge is -2.06. The van der Waals surface area contributed by atoms with E-state index < -0.39 is 11.6 Å². The summed E-state index contributed by atoms with van der Waals surface area (Å²) in [6.07, 6.45) is 0. The van der Waals surface area contributed by atoms with E-state index in [2.05, 4.69) is 4.98 Å². The van der Waals surface area contributed by atoms with Crippen LogP contribution in [0, 0.1) is 27.7 Å². The molecule has 0 unspecified atom stereocenters. The molecule has 3 nitrogen and oxygen atoms in total. The number of imidazole rings is 1. The Bertz CT molecular complexity index is 969. The van der Waals surface area contributed by atoms with Gasteiger partial charge in [0, 0.05) is 6.07 Å². The van der Waals surface area contributed by atoms with Gasteiger partial charge in [-0.05, 0) is 36.5 Å². The second-order valence-electron chi connectivity index (χ2n) is 4.33. The lowest BCUT2D eigenvalue weighted by atomic mass is 10.2. The van der Waals surface area contributed by atoms with E-state index in [1.807, 2.05) is 6.07 Å². The number of nitrogens with one attached hydrogen (secondary N) is 1. The highest BCUT2D eigenvalue weighted by Crippen LogP contribution is 2.26. The molecule has 1 aromatic heterocycles. The molecule has 2 aromatic carbocycles. The van der Waals surface area contributed by atoms with Crippen LogP contribution in [0.1, 0.15) is 5.56 Å². The first-order valence-corrected chi connectivity index (χ1v) is 6.59. The van der Waals surface area contributed by atoms with Crippen molar-refractivity contribution in [2.75, 3.05) is 0 Å². The number of halogens is 3. The van der Waals surface area contributed by atoms with Crippen LogP contribution in [0.25, 0.3) is 16.7 Å². The summed E-state index contributed by atoms with van der Waals surface area (Å²) in [5.41, 5.74) is 1.22. The minimum Gasteiger partial charge on any atom is -0.330 e. The van der Waals surface area contributed by atoms with Crippen molar-refractivity contribution < 1.29 is 8.78 Å². The molecule has 1 N–H and O–H groups in total. The molecule has 0 spiro atoms. The quantitative estimate of drug-likeness (QED) is 0.671. The molecule has 0 fully saturated rings. The Morgan fingerprint density at radius 3 is 2.62 bits per heavy atom. The number of nitriles is 1. The Kier molecular flexibility index (Phi) is 3.24. The van der Waals surface area contributed by atoms with Crippen molar-refractivity contribution >= 4 is 34.9 Å². The molecule has 1 heterocycles. The number of benzene rings is 2. The molecule has 0 aliphatic heterocycles. The number of H-pyrrole nitrogens is 1. The molecular formula is C14H6ClF2N3S. The molecule has 3 rings (SSSR count). The summed E-state index contributed by atoms with van der Waals surface area (Å²) in [5, 5.41) is 8.68. The molecule has 0 bridgehead atoms. The van der Waals surface area contributed by atoms with Crippen molar-refractivity contribution in [2.24, 2.45) is 0 Å². The fraction of sp³-hybridized carbons (Fsp3) is 0. The van der Waals surface area contributed by atoms with Crippen LogP contribution in [0.2, 0.25) is 5.02 Å². The Hall–Kier alpha value is -2.23. The Labute approximate surface area is 128 Å². The van der Waals surface area contributed by atoms with Gasteiger partial charge in [0.05, 0.1) is 33.4 Å². The highest BCUT2D eigenvalue weighted by Gasteiger charge is 2.13. The first-order valence-electron chi connectivity index (χ1n) is 5.81. The third-order valence-corrected chi connectivity index (χ3v) is 3.62.